The molecule has 4 heteroatoms. The van der Waals surface area contributed by atoms with Gasteiger partial charge in [0.25, 0.3) is 0 Å². The van der Waals surface area contributed by atoms with E-state index in [1.165, 1.54) is 18.4 Å². The van der Waals surface area contributed by atoms with Gasteiger partial charge in [0.05, 0.1) is 6.42 Å². The Morgan fingerprint density at radius 3 is 2.41 bits per heavy atom. The number of nitrogens with one attached hydrogen (secondary N) is 1. The van der Waals surface area contributed by atoms with Crippen LogP contribution in [0.1, 0.15) is 49.3 Å². The first-order valence-corrected chi connectivity index (χ1v) is 10.7. The van der Waals surface area contributed by atoms with Gasteiger partial charge in [-0.05, 0) is 44.2 Å². The van der Waals surface area contributed by atoms with Crippen molar-refractivity contribution in [2.45, 2.75) is 64.5 Å². The average molecular weight is 393 g/mol. The van der Waals surface area contributed by atoms with Crippen molar-refractivity contribution in [3.8, 4) is 0 Å². The standard InChI is InChI=1S/C25H32N2O2/c1-19-9-8-12-22(17-19)18-24(28)27(16-15-21-10-4-3-5-11-21)20(2)25(29)26-23-13-6-7-14-23/h3-5,8-12,17,20,23H,6-7,13-16,18H2,1-2H3,(H,26,29). The molecule has 2 aromatic carbocycles. The van der Waals surface area contributed by atoms with Crippen molar-refractivity contribution < 1.29 is 9.59 Å². The quantitative estimate of drug-likeness (QED) is 0.737. The fourth-order valence-corrected chi connectivity index (χ4v) is 4.06. The number of hydrogen-bond acceptors (Lipinski definition) is 2. The molecule has 1 N–H and O–H groups in total. The molecule has 0 bridgehead atoms. The van der Waals surface area contributed by atoms with E-state index in [4.69, 9.17) is 0 Å². The van der Waals surface area contributed by atoms with Crippen LogP contribution in [0, 0.1) is 6.92 Å². The van der Waals surface area contributed by atoms with Crippen molar-refractivity contribution in [3.05, 3.63) is 71.3 Å². The summed E-state index contributed by atoms with van der Waals surface area (Å²) in [5.74, 6) is -0.0387. The molecule has 1 saturated carbocycles. The van der Waals surface area contributed by atoms with Gasteiger partial charge in [-0.25, -0.2) is 0 Å². The zero-order chi connectivity index (χ0) is 20.6. The zero-order valence-electron chi connectivity index (χ0n) is 17.6. The third kappa shape index (κ3) is 6.18. The molecule has 1 atom stereocenters. The van der Waals surface area contributed by atoms with E-state index in [1.54, 1.807) is 4.90 Å². The number of benzene rings is 2. The van der Waals surface area contributed by atoms with Gasteiger partial charge >= 0.3 is 0 Å². The lowest BCUT2D eigenvalue weighted by Gasteiger charge is -2.30. The van der Waals surface area contributed by atoms with Gasteiger partial charge in [0.15, 0.2) is 0 Å². The summed E-state index contributed by atoms with van der Waals surface area (Å²) in [5, 5.41) is 3.15. The highest BCUT2D eigenvalue weighted by atomic mass is 16.2. The molecule has 0 heterocycles. The lowest BCUT2D eigenvalue weighted by molar-refractivity contribution is -0.139. The first-order chi connectivity index (χ1) is 14.0. The predicted molar refractivity (Wildman–Crippen MR) is 117 cm³/mol. The molecule has 154 valence electrons. The molecule has 1 aliphatic rings. The highest BCUT2D eigenvalue weighted by Gasteiger charge is 2.28. The number of carbonyl (C=O) groups is 2. The molecule has 1 fully saturated rings. The fourth-order valence-electron chi connectivity index (χ4n) is 4.06. The molecule has 1 aliphatic carbocycles. The van der Waals surface area contributed by atoms with Crippen molar-refractivity contribution in [2.24, 2.45) is 0 Å². The summed E-state index contributed by atoms with van der Waals surface area (Å²) in [6.07, 6.45) is 5.48. The van der Waals surface area contributed by atoms with Gasteiger partial charge in [-0.1, -0.05) is 73.0 Å². The maximum atomic E-state index is 13.2. The van der Waals surface area contributed by atoms with E-state index >= 15 is 0 Å². The Bertz CT molecular complexity index is 813. The normalized spacial score (nSPS) is 15.1. The monoisotopic (exact) mass is 392 g/mol. The Morgan fingerprint density at radius 2 is 1.72 bits per heavy atom. The summed E-state index contributed by atoms with van der Waals surface area (Å²) >= 11 is 0. The van der Waals surface area contributed by atoms with Gasteiger partial charge in [-0.3, -0.25) is 9.59 Å². The van der Waals surface area contributed by atoms with Gasteiger partial charge in [0.2, 0.25) is 11.8 Å². The maximum absolute atomic E-state index is 13.2. The molecule has 0 saturated heterocycles. The molecule has 0 aliphatic heterocycles. The third-order valence-electron chi connectivity index (χ3n) is 5.79. The van der Waals surface area contributed by atoms with Crippen LogP contribution in [0.5, 0.6) is 0 Å². The lowest BCUT2D eigenvalue weighted by Crippen LogP contribution is -2.51. The van der Waals surface area contributed by atoms with Crippen LogP contribution in [0.15, 0.2) is 54.6 Å². The van der Waals surface area contributed by atoms with E-state index < -0.39 is 6.04 Å². The van der Waals surface area contributed by atoms with Crippen molar-refractivity contribution in [1.82, 2.24) is 10.2 Å². The molecular weight excluding hydrogens is 360 g/mol. The Kier molecular flexibility index (Phi) is 7.45. The van der Waals surface area contributed by atoms with Crippen LogP contribution in [0.2, 0.25) is 0 Å². The topological polar surface area (TPSA) is 49.4 Å². The van der Waals surface area contributed by atoms with Crippen LogP contribution in [-0.2, 0) is 22.4 Å². The Balaban J connectivity index is 1.70. The molecular formula is C25H32N2O2. The van der Waals surface area contributed by atoms with Crippen LogP contribution >= 0.6 is 0 Å². The number of hydrogen-bond donors (Lipinski definition) is 1. The summed E-state index contributed by atoms with van der Waals surface area (Å²) < 4.78 is 0. The predicted octanol–water partition coefficient (Wildman–Crippen LogP) is 4.06. The van der Waals surface area contributed by atoms with Gasteiger partial charge in [0.1, 0.15) is 6.04 Å². The SMILES string of the molecule is Cc1cccc(CC(=O)N(CCc2ccccc2)C(C)C(=O)NC2CCCC2)c1. The van der Waals surface area contributed by atoms with Crippen molar-refractivity contribution in [3.63, 3.8) is 0 Å². The second kappa shape index (κ2) is 10.2. The largest absolute Gasteiger partial charge is 0.352 e. The van der Waals surface area contributed by atoms with Crippen LogP contribution in [0.4, 0.5) is 0 Å². The number of nitrogens with zero attached hydrogens (tertiary/aromatic N) is 1. The molecule has 0 radical (unpaired) electrons. The summed E-state index contributed by atoms with van der Waals surface area (Å²) in [7, 11) is 0. The Hall–Kier alpha value is -2.62. The van der Waals surface area contributed by atoms with E-state index in [0.29, 0.717) is 13.0 Å². The molecule has 4 nitrogen and oxygen atoms in total. The number of carbonyl (C=O) groups excluding carboxylic acids is 2. The Morgan fingerprint density at radius 1 is 1.03 bits per heavy atom. The van der Waals surface area contributed by atoms with Crippen LogP contribution in [-0.4, -0.2) is 35.3 Å². The molecule has 0 aromatic heterocycles. The summed E-state index contributed by atoms with van der Waals surface area (Å²) in [5.41, 5.74) is 3.30. The second-order valence-electron chi connectivity index (χ2n) is 8.15. The van der Waals surface area contributed by atoms with E-state index in [1.807, 2.05) is 56.3 Å². The molecule has 2 amide bonds. The van der Waals surface area contributed by atoms with Crippen LogP contribution in [0.25, 0.3) is 0 Å². The summed E-state index contributed by atoms with van der Waals surface area (Å²) in [6, 6.07) is 17.9. The highest BCUT2D eigenvalue weighted by Crippen LogP contribution is 2.18. The van der Waals surface area contributed by atoms with Gasteiger partial charge in [-0.15, -0.1) is 0 Å². The van der Waals surface area contributed by atoms with Crippen molar-refractivity contribution in [1.29, 1.82) is 0 Å². The third-order valence-corrected chi connectivity index (χ3v) is 5.79. The minimum absolute atomic E-state index is 0.000558. The van der Waals surface area contributed by atoms with Gasteiger partial charge in [0, 0.05) is 12.6 Å². The van der Waals surface area contributed by atoms with Crippen LogP contribution < -0.4 is 5.32 Å². The molecule has 1 unspecified atom stereocenters. The Labute approximate surface area is 174 Å². The van der Waals surface area contributed by atoms with E-state index in [0.717, 1.165) is 30.4 Å². The fraction of sp³-hybridized carbons (Fsp3) is 0.440. The van der Waals surface area contributed by atoms with E-state index in [9.17, 15) is 9.59 Å². The highest BCUT2D eigenvalue weighted by molar-refractivity contribution is 5.88. The maximum Gasteiger partial charge on any atom is 0.242 e. The number of rotatable bonds is 8. The smallest absolute Gasteiger partial charge is 0.242 e. The minimum Gasteiger partial charge on any atom is -0.352 e. The van der Waals surface area contributed by atoms with Gasteiger partial charge in [-0.2, -0.15) is 0 Å². The first kappa shape index (κ1) is 21.1. The molecule has 2 aromatic rings. The molecule has 0 spiro atoms. The van der Waals surface area contributed by atoms with E-state index in [2.05, 4.69) is 17.4 Å². The number of aryl methyl sites for hydroxylation is 1. The molecule has 3 rings (SSSR count). The van der Waals surface area contributed by atoms with Crippen molar-refractivity contribution >= 4 is 11.8 Å². The lowest BCUT2D eigenvalue weighted by atomic mass is 10.1. The second-order valence-corrected chi connectivity index (χ2v) is 8.15. The summed E-state index contributed by atoms with van der Waals surface area (Å²) in [4.78, 5) is 27.8. The number of amides is 2. The first-order valence-electron chi connectivity index (χ1n) is 10.7. The summed E-state index contributed by atoms with van der Waals surface area (Å²) in [6.45, 7) is 4.41. The average Bonchev–Trinajstić information content (AvgIpc) is 3.22. The van der Waals surface area contributed by atoms with E-state index in [-0.39, 0.29) is 17.9 Å². The minimum atomic E-state index is -0.475. The molecule has 29 heavy (non-hydrogen) atoms. The van der Waals surface area contributed by atoms with Crippen molar-refractivity contribution in [2.75, 3.05) is 6.54 Å². The zero-order valence-corrected chi connectivity index (χ0v) is 17.6. The van der Waals surface area contributed by atoms with Gasteiger partial charge < -0.3 is 10.2 Å². The van der Waals surface area contributed by atoms with Crippen LogP contribution in [0.3, 0.4) is 0 Å².